The molecule has 1 N–H and O–H groups in total. The predicted molar refractivity (Wildman–Crippen MR) is 54.9 cm³/mol. The van der Waals surface area contributed by atoms with Gasteiger partial charge in [0.2, 0.25) is 0 Å². The van der Waals surface area contributed by atoms with Gasteiger partial charge in [-0.25, -0.2) is 0 Å². The number of hydrogen-bond donors (Lipinski definition) is 1. The third kappa shape index (κ3) is 2.64. The number of nitriles is 1. The molecule has 0 saturated heterocycles. The zero-order valence-corrected chi connectivity index (χ0v) is 8.39. The fraction of sp³-hybridized carbons (Fsp3) is 0.300. The van der Waals surface area contributed by atoms with E-state index in [4.69, 9.17) is 16.9 Å². The average Bonchev–Trinajstić information content (AvgIpc) is 2.03. The van der Waals surface area contributed by atoms with Crippen LogP contribution in [0.1, 0.15) is 19.4 Å². The molecule has 1 rings (SSSR count). The zero-order valence-electron chi connectivity index (χ0n) is 7.63. The Bertz CT molecular complexity index is 339. The van der Waals surface area contributed by atoms with Gasteiger partial charge in [-0.1, -0.05) is 11.6 Å². The van der Waals surface area contributed by atoms with E-state index in [1.165, 1.54) is 0 Å². The molecule has 0 aliphatic rings. The lowest BCUT2D eigenvalue weighted by molar-refractivity contribution is 0.900. The molecular weight excluding hydrogens is 184 g/mol. The Hall–Kier alpha value is -1.20. The standard InChI is InChI=1S/C10H11ClN2/c1-7(2)13-9-4-3-8(6-12)10(11)5-9/h3-5,7,13H,1-2H3. The van der Waals surface area contributed by atoms with Crippen LogP contribution in [0, 0.1) is 11.3 Å². The van der Waals surface area contributed by atoms with Crippen LogP contribution < -0.4 is 5.32 Å². The molecule has 0 heterocycles. The van der Waals surface area contributed by atoms with Gasteiger partial charge in [0.15, 0.2) is 0 Å². The minimum absolute atomic E-state index is 0.365. The summed E-state index contributed by atoms with van der Waals surface area (Å²) in [6, 6.07) is 7.71. The molecular formula is C10H11ClN2. The van der Waals surface area contributed by atoms with Crippen molar-refractivity contribution in [2.45, 2.75) is 19.9 Å². The lowest BCUT2D eigenvalue weighted by atomic mass is 10.2. The number of hydrogen-bond acceptors (Lipinski definition) is 2. The van der Waals surface area contributed by atoms with E-state index in [9.17, 15) is 0 Å². The Morgan fingerprint density at radius 2 is 2.15 bits per heavy atom. The van der Waals surface area contributed by atoms with Crippen molar-refractivity contribution in [2.24, 2.45) is 0 Å². The molecule has 0 aliphatic heterocycles. The molecule has 0 bridgehead atoms. The van der Waals surface area contributed by atoms with Crippen LogP contribution in [0.15, 0.2) is 18.2 Å². The van der Waals surface area contributed by atoms with E-state index in [1.807, 2.05) is 26.0 Å². The number of nitrogens with zero attached hydrogens (tertiary/aromatic N) is 1. The molecule has 0 unspecified atom stereocenters. The smallest absolute Gasteiger partial charge is 0.101 e. The number of rotatable bonds is 2. The van der Waals surface area contributed by atoms with Crippen molar-refractivity contribution >= 4 is 17.3 Å². The van der Waals surface area contributed by atoms with Crippen molar-refractivity contribution in [3.05, 3.63) is 28.8 Å². The SMILES string of the molecule is CC(C)Nc1ccc(C#N)c(Cl)c1. The Morgan fingerprint density at radius 1 is 1.46 bits per heavy atom. The molecule has 0 spiro atoms. The number of anilines is 1. The van der Waals surface area contributed by atoms with Crippen molar-refractivity contribution in [2.75, 3.05) is 5.32 Å². The molecule has 1 aromatic rings. The molecule has 13 heavy (non-hydrogen) atoms. The van der Waals surface area contributed by atoms with E-state index in [2.05, 4.69) is 5.32 Å². The molecule has 0 radical (unpaired) electrons. The first kappa shape index (κ1) is 9.88. The molecule has 0 fully saturated rings. The second kappa shape index (κ2) is 4.15. The monoisotopic (exact) mass is 194 g/mol. The molecule has 3 heteroatoms. The highest BCUT2D eigenvalue weighted by molar-refractivity contribution is 6.32. The first-order valence-corrected chi connectivity index (χ1v) is 4.47. The molecule has 68 valence electrons. The van der Waals surface area contributed by atoms with Gasteiger partial charge in [0, 0.05) is 11.7 Å². The van der Waals surface area contributed by atoms with Gasteiger partial charge in [-0.3, -0.25) is 0 Å². The highest BCUT2D eigenvalue weighted by atomic mass is 35.5. The summed E-state index contributed by atoms with van der Waals surface area (Å²) in [5, 5.41) is 12.3. The van der Waals surface area contributed by atoms with Crippen LogP contribution >= 0.6 is 11.6 Å². The first-order chi connectivity index (χ1) is 6.13. The quantitative estimate of drug-likeness (QED) is 0.786. The van der Waals surface area contributed by atoms with E-state index in [-0.39, 0.29) is 0 Å². The second-order valence-electron chi connectivity index (χ2n) is 3.11. The van der Waals surface area contributed by atoms with Crippen LogP contribution in [0.25, 0.3) is 0 Å². The first-order valence-electron chi connectivity index (χ1n) is 4.09. The zero-order chi connectivity index (χ0) is 9.84. The summed E-state index contributed by atoms with van der Waals surface area (Å²) in [4.78, 5) is 0. The highest BCUT2D eigenvalue weighted by Crippen LogP contribution is 2.20. The van der Waals surface area contributed by atoms with E-state index in [0.29, 0.717) is 16.6 Å². The largest absolute Gasteiger partial charge is 0.383 e. The average molecular weight is 195 g/mol. The van der Waals surface area contributed by atoms with E-state index >= 15 is 0 Å². The number of nitrogens with one attached hydrogen (secondary N) is 1. The van der Waals surface area contributed by atoms with E-state index < -0.39 is 0 Å². The number of benzene rings is 1. The van der Waals surface area contributed by atoms with Gasteiger partial charge >= 0.3 is 0 Å². The molecule has 0 amide bonds. The molecule has 0 atom stereocenters. The van der Waals surface area contributed by atoms with Crippen LogP contribution in [0.4, 0.5) is 5.69 Å². The predicted octanol–water partition coefficient (Wildman–Crippen LogP) is 3.03. The summed E-state index contributed by atoms with van der Waals surface area (Å²) in [7, 11) is 0. The molecule has 0 saturated carbocycles. The fourth-order valence-corrected chi connectivity index (χ4v) is 1.25. The Kier molecular flexibility index (Phi) is 3.16. The van der Waals surface area contributed by atoms with Crippen LogP contribution in [0.5, 0.6) is 0 Å². The maximum atomic E-state index is 8.64. The van der Waals surface area contributed by atoms with Crippen LogP contribution in [-0.4, -0.2) is 6.04 Å². The summed E-state index contributed by atoms with van der Waals surface area (Å²) in [5.74, 6) is 0. The van der Waals surface area contributed by atoms with Gasteiger partial charge in [-0.05, 0) is 32.0 Å². The van der Waals surface area contributed by atoms with Crippen LogP contribution in [-0.2, 0) is 0 Å². The third-order valence-corrected chi connectivity index (χ3v) is 1.86. The molecule has 0 aromatic heterocycles. The summed E-state index contributed by atoms with van der Waals surface area (Å²) in [6.07, 6.45) is 0. The van der Waals surface area contributed by atoms with Gasteiger partial charge in [-0.2, -0.15) is 5.26 Å². The maximum Gasteiger partial charge on any atom is 0.101 e. The lowest BCUT2D eigenvalue weighted by Crippen LogP contribution is -2.09. The van der Waals surface area contributed by atoms with Gasteiger partial charge in [0.05, 0.1) is 10.6 Å². The third-order valence-electron chi connectivity index (χ3n) is 1.54. The van der Waals surface area contributed by atoms with Crippen LogP contribution in [0.3, 0.4) is 0 Å². The van der Waals surface area contributed by atoms with Crippen molar-refractivity contribution < 1.29 is 0 Å². The minimum atomic E-state index is 0.365. The van der Waals surface area contributed by atoms with Crippen LogP contribution in [0.2, 0.25) is 5.02 Å². The van der Waals surface area contributed by atoms with Crippen molar-refractivity contribution in [1.82, 2.24) is 0 Å². The van der Waals surface area contributed by atoms with Crippen molar-refractivity contribution in [3.63, 3.8) is 0 Å². The maximum absolute atomic E-state index is 8.64. The molecule has 1 aromatic carbocycles. The Labute approximate surface area is 83.1 Å². The minimum Gasteiger partial charge on any atom is -0.383 e. The van der Waals surface area contributed by atoms with E-state index in [1.54, 1.807) is 12.1 Å². The summed E-state index contributed by atoms with van der Waals surface area (Å²) >= 11 is 5.85. The van der Waals surface area contributed by atoms with E-state index in [0.717, 1.165) is 5.69 Å². The highest BCUT2D eigenvalue weighted by Gasteiger charge is 2.01. The summed E-state index contributed by atoms with van der Waals surface area (Å²) in [5.41, 5.74) is 1.45. The van der Waals surface area contributed by atoms with Gasteiger partial charge < -0.3 is 5.32 Å². The normalized spacial score (nSPS) is 9.77. The summed E-state index contributed by atoms with van der Waals surface area (Å²) < 4.78 is 0. The number of halogens is 1. The Morgan fingerprint density at radius 3 is 2.62 bits per heavy atom. The Balaban J connectivity index is 2.91. The lowest BCUT2D eigenvalue weighted by Gasteiger charge is -2.09. The van der Waals surface area contributed by atoms with Gasteiger partial charge in [0.1, 0.15) is 6.07 Å². The second-order valence-corrected chi connectivity index (χ2v) is 3.51. The van der Waals surface area contributed by atoms with Gasteiger partial charge in [-0.15, -0.1) is 0 Å². The topological polar surface area (TPSA) is 35.8 Å². The van der Waals surface area contributed by atoms with Gasteiger partial charge in [0.25, 0.3) is 0 Å². The van der Waals surface area contributed by atoms with Crippen molar-refractivity contribution in [3.8, 4) is 6.07 Å². The fourth-order valence-electron chi connectivity index (χ4n) is 1.03. The molecule has 0 aliphatic carbocycles. The van der Waals surface area contributed by atoms with Crippen molar-refractivity contribution in [1.29, 1.82) is 5.26 Å². The summed E-state index contributed by atoms with van der Waals surface area (Å²) in [6.45, 7) is 4.10. The molecule has 2 nitrogen and oxygen atoms in total.